The van der Waals surface area contributed by atoms with Crippen LogP contribution in [-0.2, 0) is 27.2 Å². The number of anilines is 3. The van der Waals surface area contributed by atoms with Gasteiger partial charge in [0.1, 0.15) is 0 Å². The fourth-order valence-electron chi connectivity index (χ4n) is 3.67. The van der Waals surface area contributed by atoms with Crippen molar-refractivity contribution in [2.75, 3.05) is 22.1 Å². The van der Waals surface area contributed by atoms with Crippen molar-refractivity contribution in [3.8, 4) is 0 Å². The van der Waals surface area contributed by atoms with Gasteiger partial charge in [-0.3, -0.25) is 14.4 Å². The smallest absolute Gasteiger partial charge is 0.314 e. The number of benzene rings is 2. The van der Waals surface area contributed by atoms with E-state index in [9.17, 15) is 14.4 Å². The summed E-state index contributed by atoms with van der Waals surface area (Å²) in [7, 11) is 0. The van der Waals surface area contributed by atoms with Gasteiger partial charge in [0.05, 0.1) is 5.69 Å². The number of amides is 3. The number of hydrogen-bond donors (Lipinski definition) is 2. The molecule has 0 saturated heterocycles. The number of halogens is 1. The molecule has 2 heterocycles. The van der Waals surface area contributed by atoms with Crippen molar-refractivity contribution in [1.29, 1.82) is 0 Å². The zero-order valence-electron chi connectivity index (χ0n) is 14.5. The molecule has 0 bridgehead atoms. The largest absolute Gasteiger partial charge is 0.318 e. The quantitative estimate of drug-likeness (QED) is 0.782. The summed E-state index contributed by atoms with van der Waals surface area (Å²) in [5, 5.41) is 5.67. The van der Waals surface area contributed by atoms with E-state index in [2.05, 4.69) is 10.6 Å². The highest BCUT2D eigenvalue weighted by Crippen LogP contribution is 2.37. The van der Waals surface area contributed by atoms with Crippen molar-refractivity contribution in [3.05, 3.63) is 52.5 Å². The van der Waals surface area contributed by atoms with E-state index in [1.807, 2.05) is 17.0 Å². The summed E-state index contributed by atoms with van der Waals surface area (Å²) in [5.41, 5.74) is 4.09. The summed E-state index contributed by atoms with van der Waals surface area (Å²) in [6, 6.07) is 10.3. The van der Waals surface area contributed by atoms with E-state index < -0.39 is 11.8 Å². The average molecular weight is 384 g/mol. The lowest BCUT2D eigenvalue weighted by molar-refractivity contribution is -0.132. The number of rotatable bonds is 2. The fourth-order valence-corrected chi connectivity index (χ4v) is 3.86. The molecule has 2 aromatic carbocycles. The Morgan fingerprint density at radius 1 is 0.926 bits per heavy atom. The lowest BCUT2D eigenvalue weighted by atomic mass is 9.91. The number of aryl methyl sites for hydroxylation is 2. The number of nitrogens with zero attached hydrogens (tertiary/aromatic N) is 1. The van der Waals surface area contributed by atoms with E-state index in [1.165, 1.54) is 0 Å². The predicted octanol–water partition coefficient (Wildman–Crippen LogP) is 3.14. The Morgan fingerprint density at radius 2 is 1.63 bits per heavy atom. The third kappa shape index (κ3) is 3.53. The minimum atomic E-state index is -0.763. The molecule has 6 nitrogen and oxygen atoms in total. The molecule has 0 unspecified atom stereocenters. The van der Waals surface area contributed by atoms with Crippen molar-refractivity contribution >= 4 is 46.4 Å². The monoisotopic (exact) mass is 383 g/mol. The minimum absolute atomic E-state index is 0.154. The fraction of sp³-hybridized carbons (Fsp3) is 0.250. The van der Waals surface area contributed by atoms with Gasteiger partial charge in [-0.05, 0) is 60.7 Å². The van der Waals surface area contributed by atoms with Gasteiger partial charge in [0, 0.05) is 29.4 Å². The summed E-state index contributed by atoms with van der Waals surface area (Å²) in [5.74, 6) is -1.36. The Morgan fingerprint density at radius 3 is 2.37 bits per heavy atom. The summed E-state index contributed by atoms with van der Waals surface area (Å²) in [4.78, 5) is 38.4. The summed E-state index contributed by atoms with van der Waals surface area (Å²) in [6.07, 6.45) is 2.87. The second-order valence-corrected chi connectivity index (χ2v) is 7.15. The van der Waals surface area contributed by atoms with Crippen LogP contribution in [0.4, 0.5) is 17.1 Å². The molecule has 0 radical (unpaired) electrons. The van der Waals surface area contributed by atoms with Gasteiger partial charge in [-0.25, -0.2) is 0 Å². The van der Waals surface area contributed by atoms with Crippen molar-refractivity contribution in [1.82, 2.24) is 0 Å². The maximum atomic E-state index is 12.3. The Balaban J connectivity index is 1.52. The molecule has 0 spiro atoms. The van der Waals surface area contributed by atoms with Crippen molar-refractivity contribution in [2.45, 2.75) is 25.7 Å². The van der Waals surface area contributed by atoms with Crippen LogP contribution < -0.4 is 15.5 Å². The van der Waals surface area contributed by atoms with Gasteiger partial charge in [0.15, 0.2) is 0 Å². The predicted molar refractivity (Wildman–Crippen MR) is 104 cm³/mol. The number of carbonyl (C=O) groups excluding carboxylic acids is 3. The molecule has 27 heavy (non-hydrogen) atoms. The molecule has 0 fully saturated rings. The van der Waals surface area contributed by atoms with Crippen LogP contribution in [-0.4, -0.2) is 24.3 Å². The molecule has 2 aliphatic heterocycles. The molecule has 138 valence electrons. The molecule has 2 N–H and O–H groups in total. The van der Waals surface area contributed by atoms with E-state index in [1.54, 1.807) is 24.3 Å². The molecule has 2 aliphatic rings. The van der Waals surface area contributed by atoms with Crippen LogP contribution in [0.5, 0.6) is 0 Å². The Bertz CT molecular complexity index is 940. The van der Waals surface area contributed by atoms with Gasteiger partial charge in [0.2, 0.25) is 5.91 Å². The van der Waals surface area contributed by atoms with Crippen molar-refractivity contribution in [3.63, 3.8) is 0 Å². The first-order valence-corrected chi connectivity index (χ1v) is 9.23. The van der Waals surface area contributed by atoms with Crippen LogP contribution >= 0.6 is 11.6 Å². The zero-order chi connectivity index (χ0) is 19.0. The molecule has 0 atom stereocenters. The summed E-state index contributed by atoms with van der Waals surface area (Å²) >= 11 is 5.89. The molecule has 0 saturated carbocycles. The van der Waals surface area contributed by atoms with Crippen LogP contribution in [0, 0.1) is 0 Å². The first-order chi connectivity index (χ1) is 13.0. The third-order valence-corrected chi connectivity index (χ3v) is 5.06. The Labute approximate surface area is 161 Å². The standard InChI is InChI=1S/C20H18ClN3O3/c21-14-4-1-5-15(11-14)22-19(26)20(27)23-16-9-12-3-2-8-24-17(25)7-6-13(10-16)18(12)24/h1,4-5,9-11H,2-3,6-8H2,(H,22,26)(H,23,27). The van der Waals surface area contributed by atoms with Gasteiger partial charge in [-0.2, -0.15) is 0 Å². The zero-order valence-corrected chi connectivity index (χ0v) is 15.3. The minimum Gasteiger partial charge on any atom is -0.318 e. The van der Waals surface area contributed by atoms with E-state index in [0.29, 0.717) is 29.2 Å². The third-order valence-electron chi connectivity index (χ3n) is 4.82. The molecular weight excluding hydrogens is 366 g/mol. The molecule has 3 amide bonds. The molecular formula is C20H18ClN3O3. The maximum Gasteiger partial charge on any atom is 0.314 e. The van der Waals surface area contributed by atoms with Crippen LogP contribution in [0.15, 0.2) is 36.4 Å². The van der Waals surface area contributed by atoms with Crippen molar-refractivity contribution < 1.29 is 14.4 Å². The van der Waals surface area contributed by atoms with Crippen LogP contribution in [0.25, 0.3) is 0 Å². The topological polar surface area (TPSA) is 78.5 Å². The maximum absolute atomic E-state index is 12.3. The highest BCUT2D eigenvalue weighted by atomic mass is 35.5. The van der Waals surface area contributed by atoms with E-state index >= 15 is 0 Å². The van der Waals surface area contributed by atoms with E-state index in [4.69, 9.17) is 11.6 Å². The van der Waals surface area contributed by atoms with Gasteiger partial charge in [-0.1, -0.05) is 17.7 Å². The highest BCUT2D eigenvalue weighted by Gasteiger charge is 2.30. The lowest BCUT2D eigenvalue weighted by Gasteiger charge is -2.35. The second kappa shape index (κ2) is 7.04. The Kier molecular flexibility index (Phi) is 4.58. The lowest BCUT2D eigenvalue weighted by Crippen LogP contribution is -2.39. The SMILES string of the molecule is O=C(Nc1cccc(Cl)c1)C(=O)Nc1cc2c3c(c1)CCC(=O)N3CCC2. The molecule has 4 rings (SSSR count). The normalized spacial score (nSPS) is 15.1. The Hall–Kier alpha value is -2.86. The summed E-state index contributed by atoms with van der Waals surface area (Å²) < 4.78 is 0. The number of nitrogens with one attached hydrogen (secondary N) is 2. The highest BCUT2D eigenvalue weighted by molar-refractivity contribution is 6.43. The van der Waals surface area contributed by atoms with Crippen LogP contribution in [0.2, 0.25) is 5.02 Å². The van der Waals surface area contributed by atoms with E-state index in [-0.39, 0.29) is 5.91 Å². The van der Waals surface area contributed by atoms with Crippen LogP contribution in [0.3, 0.4) is 0 Å². The summed E-state index contributed by atoms with van der Waals surface area (Å²) in [6.45, 7) is 0.743. The molecule has 0 aliphatic carbocycles. The first kappa shape index (κ1) is 17.5. The van der Waals surface area contributed by atoms with Gasteiger partial charge < -0.3 is 15.5 Å². The first-order valence-electron chi connectivity index (χ1n) is 8.85. The second-order valence-electron chi connectivity index (χ2n) is 6.71. The molecule has 0 aromatic heterocycles. The van der Waals surface area contributed by atoms with Gasteiger partial charge in [-0.15, -0.1) is 0 Å². The number of hydrogen-bond acceptors (Lipinski definition) is 3. The van der Waals surface area contributed by atoms with Gasteiger partial charge >= 0.3 is 11.8 Å². The molecule has 2 aromatic rings. The molecule has 7 heteroatoms. The average Bonchev–Trinajstić information content (AvgIpc) is 2.64. The number of carbonyl (C=O) groups is 3. The van der Waals surface area contributed by atoms with E-state index in [0.717, 1.165) is 36.2 Å². The van der Waals surface area contributed by atoms with Crippen molar-refractivity contribution in [2.24, 2.45) is 0 Å². The van der Waals surface area contributed by atoms with Gasteiger partial charge in [0.25, 0.3) is 0 Å². The van der Waals surface area contributed by atoms with Crippen LogP contribution in [0.1, 0.15) is 24.0 Å².